The van der Waals surface area contributed by atoms with Crippen LogP contribution in [0, 0.1) is 17.0 Å². The van der Waals surface area contributed by atoms with Gasteiger partial charge in [-0.3, -0.25) is 4.79 Å². The predicted octanol–water partition coefficient (Wildman–Crippen LogP) is 4.75. The Balaban J connectivity index is 2.06. The number of rotatable bonds is 4. The first-order chi connectivity index (χ1) is 11.5. The van der Waals surface area contributed by atoms with E-state index in [2.05, 4.69) is 4.98 Å². The Morgan fingerprint density at radius 3 is 2.71 bits per heavy atom. The van der Waals surface area contributed by atoms with Crippen LogP contribution in [0.1, 0.15) is 11.1 Å². The molecule has 0 fully saturated rings. The lowest BCUT2D eigenvalue weighted by Gasteiger charge is -2.09. The molecule has 24 heavy (non-hydrogen) atoms. The first kappa shape index (κ1) is 16.7. The van der Waals surface area contributed by atoms with Crippen molar-refractivity contribution in [1.29, 1.82) is 5.41 Å². The van der Waals surface area contributed by atoms with Crippen molar-refractivity contribution in [2.45, 2.75) is 10.8 Å². The lowest BCUT2D eigenvalue weighted by Crippen LogP contribution is -2.13. The molecule has 2 N–H and O–H groups in total. The maximum atomic E-state index is 13.8. The predicted molar refractivity (Wildman–Crippen MR) is 93.4 cm³/mol. The van der Waals surface area contributed by atoms with E-state index < -0.39 is 17.2 Å². The number of fused-ring (bicyclic) bond motifs is 1. The standard InChI is InChI=1S/C17H11ClF2N2OS/c18-10-1-4-15(20)9(5-10)8-24-17-13-6-11(19)2-3-12(13)14(7-21)16(23)22-17/h1-7,21H,8H2,(H,22,23). The summed E-state index contributed by atoms with van der Waals surface area (Å²) in [6, 6.07) is 8.23. The zero-order valence-corrected chi connectivity index (χ0v) is 13.8. The fourth-order valence-electron chi connectivity index (χ4n) is 2.36. The highest BCUT2D eigenvalue weighted by molar-refractivity contribution is 7.98. The zero-order chi connectivity index (χ0) is 17.3. The lowest BCUT2D eigenvalue weighted by atomic mass is 10.1. The summed E-state index contributed by atoms with van der Waals surface area (Å²) in [7, 11) is 0. The van der Waals surface area contributed by atoms with Gasteiger partial charge in [-0.1, -0.05) is 17.7 Å². The van der Waals surface area contributed by atoms with Crippen LogP contribution in [-0.4, -0.2) is 11.2 Å². The summed E-state index contributed by atoms with van der Waals surface area (Å²) >= 11 is 7.04. The Kier molecular flexibility index (Phi) is 4.69. The average Bonchev–Trinajstić information content (AvgIpc) is 2.56. The SMILES string of the molecule is N=Cc1c(=O)[nH]c(SCc2cc(Cl)ccc2F)c2cc(F)ccc12. The van der Waals surface area contributed by atoms with Crippen molar-refractivity contribution in [1.82, 2.24) is 4.98 Å². The van der Waals surface area contributed by atoms with Crippen molar-refractivity contribution in [3.63, 3.8) is 0 Å². The van der Waals surface area contributed by atoms with Gasteiger partial charge in [-0.05, 0) is 41.3 Å². The van der Waals surface area contributed by atoms with Gasteiger partial charge in [0.1, 0.15) is 11.6 Å². The largest absolute Gasteiger partial charge is 0.316 e. The van der Waals surface area contributed by atoms with Crippen molar-refractivity contribution in [2.75, 3.05) is 0 Å². The molecule has 0 aliphatic carbocycles. The van der Waals surface area contributed by atoms with Crippen LogP contribution in [0.2, 0.25) is 5.02 Å². The average molecular weight is 365 g/mol. The Morgan fingerprint density at radius 1 is 1.17 bits per heavy atom. The Hall–Kier alpha value is -2.18. The molecule has 3 nitrogen and oxygen atoms in total. The van der Waals surface area contributed by atoms with E-state index in [0.29, 0.717) is 26.4 Å². The summed E-state index contributed by atoms with van der Waals surface area (Å²) in [6.07, 6.45) is 0.935. The number of hydrogen-bond donors (Lipinski definition) is 2. The van der Waals surface area contributed by atoms with Gasteiger partial charge in [-0.15, -0.1) is 11.8 Å². The van der Waals surface area contributed by atoms with Crippen LogP contribution in [-0.2, 0) is 5.75 Å². The first-order valence-electron chi connectivity index (χ1n) is 6.92. The van der Waals surface area contributed by atoms with E-state index in [1.54, 1.807) is 0 Å². The van der Waals surface area contributed by atoms with Gasteiger partial charge in [0.05, 0.1) is 10.6 Å². The molecule has 0 bridgehead atoms. The molecular formula is C17H11ClF2N2OS. The van der Waals surface area contributed by atoms with Gasteiger partial charge in [0, 0.05) is 22.4 Å². The van der Waals surface area contributed by atoms with E-state index in [1.807, 2.05) is 0 Å². The van der Waals surface area contributed by atoms with Gasteiger partial charge >= 0.3 is 0 Å². The van der Waals surface area contributed by atoms with E-state index >= 15 is 0 Å². The van der Waals surface area contributed by atoms with Crippen LogP contribution >= 0.6 is 23.4 Å². The minimum Gasteiger partial charge on any atom is -0.316 e. The molecule has 122 valence electrons. The topological polar surface area (TPSA) is 56.7 Å². The fourth-order valence-corrected chi connectivity index (χ4v) is 3.57. The molecule has 2 aromatic carbocycles. The second-order valence-electron chi connectivity index (χ2n) is 5.06. The molecule has 0 radical (unpaired) electrons. The molecule has 1 aromatic heterocycles. The molecule has 0 spiro atoms. The molecule has 0 atom stereocenters. The van der Waals surface area contributed by atoms with Gasteiger partial charge in [0.2, 0.25) is 0 Å². The van der Waals surface area contributed by atoms with E-state index in [0.717, 1.165) is 6.21 Å². The van der Waals surface area contributed by atoms with Crippen molar-refractivity contribution >= 4 is 40.3 Å². The van der Waals surface area contributed by atoms with Gasteiger partial charge in [0.25, 0.3) is 5.56 Å². The third-order valence-corrected chi connectivity index (χ3v) is 4.81. The molecule has 3 rings (SSSR count). The van der Waals surface area contributed by atoms with Gasteiger partial charge in [-0.25, -0.2) is 8.78 Å². The maximum Gasteiger partial charge on any atom is 0.258 e. The van der Waals surface area contributed by atoms with Crippen molar-refractivity contribution < 1.29 is 8.78 Å². The van der Waals surface area contributed by atoms with Crippen LogP contribution in [0.4, 0.5) is 8.78 Å². The van der Waals surface area contributed by atoms with Crippen molar-refractivity contribution in [2.24, 2.45) is 0 Å². The number of halogens is 3. The van der Waals surface area contributed by atoms with Crippen LogP contribution in [0.25, 0.3) is 10.8 Å². The molecule has 0 amide bonds. The van der Waals surface area contributed by atoms with Gasteiger partial charge < -0.3 is 10.4 Å². The number of H-pyrrole nitrogens is 1. The minimum absolute atomic E-state index is 0.156. The quantitative estimate of drug-likeness (QED) is 0.518. The zero-order valence-electron chi connectivity index (χ0n) is 12.2. The summed E-state index contributed by atoms with van der Waals surface area (Å²) in [5.41, 5.74) is 0.0930. The lowest BCUT2D eigenvalue weighted by molar-refractivity contribution is 0.617. The molecule has 0 saturated heterocycles. The number of nitrogens with one attached hydrogen (secondary N) is 2. The monoisotopic (exact) mass is 364 g/mol. The molecule has 7 heteroatoms. The van der Waals surface area contributed by atoms with Gasteiger partial charge in [-0.2, -0.15) is 0 Å². The molecule has 3 aromatic rings. The Bertz CT molecular complexity index is 1000. The minimum atomic E-state index is -0.457. The summed E-state index contributed by atoms with van der Waals surface area (Å²) < 4.78 is 27.4. The van der Waals surface area contributed by atoms with Crippen LogP contribution in [0.5, 0.6) is 0 Å². The van der Waals surface area contributed by atoms with Crippen molar-refractivity contribution in [3.05, 3.63) is 74.5 Å². The number of hydrogen-bond acceptors (Lipinski definition) is 3. The summed E-state index contributed by atoms with van der Waals surface area (Å²) in [4.78, 5) is 14.7. The van der Waals surface area contributed by atoms with Gasteiger partial charge in [0.15, 0.2) is 0 Å². The number of aromatic nitrogens is 1. The van der Waals surface area contributed by atoms with Crippen LogP contribution in [0.3, 0.4) is 0 Å². The smallest absolute Gasteiger partial charge is 0.258 e. The van der Waals surface area contributed by atoms with Crippen molar-refractivity contribution in [3.8, 4) is 0 Å². The Morgan fingerprint density at radius 2 is 1.96 bits per heavy atom. The van der Waals surface area contributed by atoms with Crippen LogP contribution < -0.4 is 5.56 Å². The first-order valence-corrected chi connectivity index (χ1v) is 8.28. The Labute approximate surface area is 145 Å². The summed E-state index contributed by atoms with van der Waals surface area (Å²) in [5, 5.41) is 9.15. The van der Waals surface area contributed by atoms with Crippen LogP contribution in [0.15, 0.2) is 46.2 Å². The second-order valence-corrected chi connectivity index (χ2v) is 6.48. The highest BCUT2D eigenvalue weighted by atomic mass is 35.5. The maximum absolute atomic E-state index is 13.8. The molecule has 0 aliphatic rings. The highest BCUT2D eigenvalue weighted by Crippen LogP contribution is 2.30. The molecule has 0 saturated carbocycles. The third kappa shape index (κ3) is 3.20. The van der Waals surface area contributed by atoms with E-state index in [9.17, 15) is 13.6 Å². The molecular weight excluding hydrogens is 354 g/mol. The summed E-state index contributed by atoms with van der Waals surface area (Å²) in [6.45, 7) is 0. The number of aromatic amines is 1. The van der Waals surface area contributed by atoms with E-state index in [1.165, 1.54) is 48.2 Å². The van der Waals surface area contributed by atoms with E-state index in [-0.39, 0.29) is 11.3 Å². The molecule has 1 heterocycles. The number of benzene rings is 2. The second kappa shape index (κ2) is 6.75. The number of pyridine rings is 1. The molecule has 0 unspecified atom stereocenters. The van der Waals surface area contributed by atoms with E-state index in [4.69, 9.17) is 17.0 Å². The number of thioether (sulfide) groups is 1. The summed E-state index contributed by atoms with van der Waals surface area (Å²) in [5.74, 6) is -0.639. The fraction of sp³-hybridized carbons (Fsp3) is 0.0588. The normalized spacial score (nSPS) is 11.0. The molecule has 0 aliphatic heterocycles. The third-order valence-electron chi connectivity index (χ3n) is 3.51. The highest BCUT2D eigenvalue weighted by Gasteiger charge is 2.12.